The SMILES string of the molecule is CCCN(CCN1CCCCC1)CC(=O)OC. The Morgan fingerprint density at radius 2 is 1.94 bits per heavy atom. The van der Waals surface area contributed by atoms with Crippen LogP contribution in [0.15, 0.2) is 0 Å². The average Bonchev–Trinajstić information content (AvgIpc) is 2.37. The van der Waals surface area contributed by atoms with Gasteiger partial charge in [0.05, 0.1) is 13.7 Å². The van der Waals surface area contributed by atoms with E-state index >= 15 is 0 Å². The van der Waals surface area contributed by atoms with Crippen LogP contribution < -0.4 is 0 Å². The fourth-order valence-electron chi connectivity index (χ4n) is 2.30. The number of carbonyl (C=O) groups excluding carboxylic acids is 1. The molecule has 17 heavy (non-hydrogen) atoms. The van der Waals surface area contributed by atoms with Gasteiger partial charge in [-0.25, -0.2) is 0 Å². The van der Waals surface area contributed by atoms with Gasteiger partial charge in [0.25, 0.3) is 0 Å². The minimum absolute atomic E-state index is 0.128. The molecule has 0 aromatic carbocycles. The molecule has 0 saturated carbocycles. The summed E-state index contributed by atoms with van der Waals surface area (Å²) in [6.45, 7) is 8.04. The lowest BCUT2D eigenvalue weighted by atomic mass is 10.1. The van der Waals surface area contributed by atoms with Crippen LogP contribution in [-0.2, 0) is 9.53 Å². The van der Waals surface area contributed by atoms with Crippen molar-refractivity contribution in [1.82, 2.24) is 9.80 Å². The highest BCUT2D eigenvalue weighted by Crippen LogP contribution is 2.08. The van der Waals surface area contributed by atoms with E-state index in [0.29, 0.717) is 6.54 Å². The fraction of sp³-hybridized carbons (Fsp3) is 0.923. The second-order valence-corrected chi connectivity index (χ2v) is 4.75. The molecular weight excluding hydrogens is 216 g/mol. The average molecular weight is 242 g/mol. The number of hydrogen-bond acceptors (Lipinski definition) is 4. The maximum Gasteiger partial charge on any atom is 0.319 e. The molecule has 1 aliphatic rings. The number of piperidine rings is 1. The first-order valence-electron chi connectivity index (χ1n) is 6.77. The van der Waals surface area contributed by atoms with E-state index in [1.807, 2.05) is 0 Å². The number of esters is 1. The van der Waals surface area contributed by atoms with Crippen molar-refractivity contribution < 1.29 is 9.53 Å². The predicted molar refractivity (Wildman–Crippen MR) is 69.0 cm³/mol. The molecule has 0 N–H and O–H groups in total. The van der Waals surface area contributed by atoms with Crippen LogP contribution in [0.1, 0.15) is 32.6 Å². The first-order valence-corrected chi connectivity index (χ1v) is 6.77. The van der Waals surface area contributed by atoms with Crippen molar-refractivity contribution in [2.75, 3.05) is 46.4 Å². The van der Waals surface area contributed by atoms with E-state index in [0.717, 1.165) is 26.1 Å². The highest BCUT2D eigenvalue weighted by Gasteiger charge is 2.14. The first-order chi connectivity index (χ1) is 8.26. The van der Waals surface area contributed by atoms with Gasteiger partial charge in [0, 0.05) is 13.1 Å². The van der Waals surface area contributed by atoms with E-state index in [1.54, 1.807) is 0 Å². The maximum absolute atomic E-state index is 11.3. The molecule has 0 bridgehead atoms. The van der Waals surface area contributed by atoms with E-state index in [4.69, 9.17) is 4.74 Å². The van der Waals surface area contributed by atoms with Crippen LogP contribution in [0.25, 0.3) is 0 Å². The molecule has 0 amide bonds. The molecule has 0 radical (unpaired) electrons. The van der Waals surface area contributed by atoms with Gasteiger partial charge in [0.2, 0.25) is 0 Å². The van der Waals surface area contributed by atoms with E-state index < -0.39 is 0 Å². The number of ether oxygens (including phenoxy) is 1. The van der Waals surface area contributed by atoms with Crippen molar-refractivity contribution in [3.8, 4) is 0 Å². The van der Waals surface area contributed by atoms with Gasteiger partial charge in [-0.3, -0.25) is 9.69 Å². The zero-order valence-electron chi connectivity index (χ0n) is 11.3. The Bertz CT molecular complexity index is 215. The number of hydrogen-bond donors (Lipinski definition) is 0. The number of nitrogens with zero attached hydrogens (tertiary/aromatic N) is 2. The Balaban J connectivity index is 2.24. The molecule has 100 valence electrons. The Hall–Kier alpha value is -0.610. The Morgan fingerprint density at radius 3 is 2.53 bits per heavy atom. The quantitative estimate of drug-likeness (QED) is 0.631. The van der Waals surface area contributed by atoms with E-state index in [2.05, 4.69) is 16.7 Å². The minimum Gasteiger partial charge on any atom is -0.468 e. The molecule has 0 aliphatic carbocycles. The maximum atomic E-state index is 11.3. The third-order valence-electron chi connectivity index (χ3n) is 3.30. The molecule has 0 aromatic rings. The molecule has 1 rings (SSSR count). The highest BCUT2D eigenvalue weighted by molar-refractivity contribution is 5.71. The molecule has 0 unspecified atom stereocenters. The number of likely N-dealkylation sites (tertiary alicyclic amines) is 1. The van der Waals surface area contributed by atoms with E-state index in [1.165, 1.54) is 39.5 Å². The zero-order valence-corrected chi connectivity index (χ0v) is 11.3. The van der Waals surface area contributed by atoms with E-state index in [9.17, 15) is 4.79 Å². The van der Waals surface area contributed by atoms with Gasteiger partial charge < -0.3 is 9.64 Å². The van der Waals surface area contributed by atoms with Crippen LogP contribution in [0.5, 0.6) is 0 Å². The Labute approximate surface area is 105 Å². The van der Waals surface area contributed by atoms with Gasteiger partial charge in [-0.2, -0.15) is 0 Å². The summed E-state index contributed by atoms with van der Waals surface area (Å²) in [6.07, 6.45) is 5.10. The molecule has 4 nitrogen and oxygen atoms in total. The lowest BCUT2D eigenvalue weighted by molar-refractivity contribution is -0.142. The molecule has 0 aromatic heterocycles. The zero-order chi connectivity index (χ0) is 12.5. The topological polar surface area (TPSA) is 32.8 Å². The molecular formula is C13H26N2O2. The lowest BCUT2D eigenvalue weighted by Gasteiger charge is -2.29. The molecule has 4 heteroatoms. The lowest BCUT2D eigenvalue weighted by Crippen LogP contribution is -2.40. The minimum atomic E-state index is -0.128. The summed E-state index contributed by atoms with van der Waals surface area (Å²) >= 11 is 0. The predicted octanol–water partition coefficient (Wildman–Crippen LogP) is 1.36. The van der Waals surface area contributed by atoms with Crippen LogP contribution in [0.4, 0.5) is 0 Å². The first kappa shape index (κ1) is 14.5. The molecule has 0 atom stereocenters. The summed E-state index contributed by atoms with van der Waals surface area (Å²) in [4.78, 5) is 16.0. The molecule has 1 fully saturated rings. The molecule has 1 saturated heterocycles. The second-order valence-electron chi connectivity index (χ2n) is 4.75. The smallest absolute Gasteiger partial charge is 0.319 e. The van der Waals surface area contributed by atoms with Crippen molar-refractivity contribution in [3.05, 3.63) is 0 Å². The number of rotatable bonds is 7. The molecule has 1 heterocycles. The fourth-order valence-corrected chi connectivity index (χ4v) is 2.30. The Kier molecular flexibility index (Phi) is 7.21. The van der Waals surface area contributed by atoms with Crippen molar-refractivity contribution in [2.45, 2.75) is 32.6 Å². The summed E-state index contributed by atoms with van der Waals surface area (Å²) in [5, 5.41) is 0. The molecule has 0 spiro atoms. The second kappa shape index (κ2) is 8.48. The summed E-state index contributed by atoms with van der Waals surface area (Å²) in [5.41, 5.74) is 0. The summed E-state index contributed by atoms with van der Waals surface area (Å²) in [7, 11) is 1.46. The van der Waals surface area contributed by atoms with Gasteiger partial charge in [0.1, 0.15) is 0 Å². The van der Waals surface area contributed by atoms with Gasteiger partial charge in [-0.15, -0.1) is 0 Å². The van der Waals surface area contributed by atoms with Crippen LogP contribution in [0.2, 0.25) is 0 Å². The largest absolute Gasteiger partial charge is 0.468 e. The third kappa shape index (κ3) is 6.03. The monoisotopic (exact) mass is 242 g/mol. The van der Waals surface area contributed by atoms with Crippen LogP contribution >= 0.6 is 0 Å². The van der Waals surface area contributed by atoms with Crippen molar-refractivity contribution >= 4 is 5.97 Å². The van der Waals surface area contributed by atoms with E-state index in [-0.39, 0.29) is 5.97 Å². The van der Waals surface area contributed by atoms with Gasteiger partial charge in [-0.05, 0) is 38.9 Å². The van der Waals surface area contributed by atoms with Crippen LogP contribution in [0.3, 0.4) is 0 Å². The normalized spacial score (nSPS) is 17.4. The summed E-state index contributed by atoms with van der Waals surface area (Å²) in [6, 6.07) is 0. The van der Waals surface area contributed by atoms with Gasteiger partial charge in [-0.1, -0.05) is 13.3 Å². The van der Waals surface area contributed by atoms with Crippen molar-refractivity contribution in [2.24, 2.45) is 0 Å². The summed E-state index contributed by atoms with van der Waals surface area (Å²) in [5.74, 6) is -0.128. The van der Waals surface area contributed by atoms with Crippen LogP contribution in [-0.4, -0.2) is 62.1 Å². The molecule has 1 aliphatic heterocycles. The number of carbonyl (C=O) groups is 1. The standard InChI is InChI=1S/C13H26N2O2/c1-3-7-15(12-13(16)17-2)11-10-14-8-5-4-6-9-14/h3-12H2,1-2H3. The van der Waals surface area contributed by atoms with Crippen molar-refractivity contribution in [3.63, 3.8) is 0 Å². The Morgan fingerprint density at radius 1 is 1.24 bits per heavy atom. The summed E-state index contributed by atoms with van der Waals surface area (Å²) < 4.78 is 4.72. The van der Waals surface area contributed by atoms with Gasteiger partial charge >= 0.3 is 5.97 Å². The highest BCUT2D eigenvalue weighted by atomic mass is 16.5. The number of methoxy groups -OCH3 is 1. The third-order valence-corrected chi connectivity index (χ3v) is 3.30. The van der Waals surface area contributed by atoms with Gasteiger partial charge in [0.15, 0.2) is 0 Å². The van der Waals surface area contributed by atoms with Crippen molar-refractivity contribution in [1.29, 1.82) is 0 Å². The van der Waals surface area contributed by atoms with Crippen LogP contribution in [0, 0.1) is 0 Å².